The van der Waals surface area contributed by atoms with Crippen molar-refractivity contribution in [1.82, 2.24) is 4.90 Å². The molecule has 0 radical (unpaired) electrons. The fourth-order valence-corrected chi connectivity index (χ4v) is 5.10. The van der Waals surface area contributed by atoms with E-state index in [1.807, 2.05) is 54.6 Å². The van der Waals surface area contributed by atoms with Crippen molar-refractivity contribution in [3.63, 3.8) is 0 Å². The van der Waals surface area contributed by atoms with Gasteiger partial charge in [-0.05, 0) is 42.2 Å². The van der Waals surface area contributed by atoms with Crippen LogP contribution in [0.1, 0.15) is 17.5 Å². The summed E-state index contributed by atoms with van der Waals surface area (Å²) in [5.74, 6) is 0.789. The van der Waals surface area contributed by atoms with Gasteiger partial charge in [0.2, 0.25) is 5.91 Å². The Labute approximate surface area is 166 Å². The molecule has 1 unspecified atom stereocenters. The lowest BCUT2D eigenvalue weighted by atomic mass is 10.1. The maximum Gasteiger partial charge on any atom is 0.246 e. The van der Waals surface area contributed by atoms with Crippen molar-refractivity contribution < 1.29 is 17.9 Å². The van der Waals surface area contributed by atoms with Gasteiger partial charge >= 0.3 is 0 Å². The number of nitrogens with zero attached hydrogens (tertiary/aromatic N) is 1. The molecule has 2 aromatic carbocycles. The van der Waals surface area contributed by atoms with E-state index in [9.17, 15) is 13.2 Å². The SMILES string of the molecule is COc1ccc(C=CC(=O)N(CCc2ccccc2)C2CCS(=O)(=O)C2)cc1. The van der Waals surface area contributed by atoms with E-state index in [0.29, 0.717) is 19.4 Å². The topological polar surface area (TPSA) is 63.7 Å². The fourth-order valence-electron chi connectivity index (χ4n) is 3.37. The zero-order chi connectivity index (χ0) is 20.0. The summed E-state index contributed by atoms with van der Waals surface area (Å²) in [6.07, 6.45) is 4.47. The number of methoxy groups -OCH3 is 1. The first-order valence-electron chi connectivity index (χ1n) is 9.34. The minimum atomic E-state index is -3.06. The molecule has 0 spiro atoms. The van der Waals surface area contributed by atoms with E-state index in [0.717, 1.165) is 16.9 Å². The highest BCUT2D eigenvalue weighted by atomic mass is 32.2. The summed E-state index contributed by atoms with van der Waals surface area (Å²) in [6.45, 7) is 0.496. The van der Waals surface area contributed by atoms with E-state index >= 15 is 0 Å². The van der Waals surface area contributed by atoms with Gasteiger partial charge in [-0.1, -0.05) is 42.5 Å². The number of carbonyl (C=O) groups excluding carboxylic acids is 1. The summed E-state index contributed by atoms with van der Waals surface area (Å²) in [5.41, 5.74) is 2.01. The standard InChI is InChI=1S/C22H25NO4S/c1-27-21-10-7-19(8-11-21)9-12-22(24)23(20-14-16-28(25,26)17-20)15-13-18-5-3-2-4-6-18/h2-12,20H,13-17H2,1H3. The molecule has 1 amide bonds. The van der Waals surface area contributed by atoms with Crippen LogP contribution in [0.2, 0.25) is 0 Å². The minimum absolute atomic E-state index is 0.0455. The average molecular weight is 400 g/mol. The number of carbonyl (C=O) groups is 1. The monoisotopic (exact) mass is 399 g/mol. The van der Waals surface area contributed by atoms with Crippen molar-refractivity contribution in [2.45, 2.75) is 18.9 Å². The molecule has 1 fully saturated rings. The summed E-state index contributed by atoms with van der Waals surface area (Å²) >= 11 is 0. The lowest BCUT2D eigenvalue weighted by Gasteiger charge is -2.27. The summed E-state index contributed by atoms with van der Waals surface area (Å²) in [6, 6.07) is 17.1. The number of rotatable bonds is 7. The van der Waals surface area contributed by atoms with Gasteiger partial charge in [-0.15, -0.1) is 0 Å². The lowest BCUT2D eigenvalue weighted by molar-refractivity contribution is -0.127. The minimum Gasteiger partial charge on any atom is -0.497 e. The molecule has 0 N–H and O–H groups in total. The largest absolute Gasteiger partial charge is 0.497 e. The van der Waals surface area contributed by atoms with E-state index in [4.69, 9.17) is 4.74 Å². The van der Waals surface area contributed by atoms with Gasteiger partial charge in [0.25, 0.3) is 0 Å². The van der Waals surface area contributed by atoms with Crippen LogP contribution in [0.15, 0.2) is 60.7 Å². The Balaban J connectivity index is 1.72. The Morgan fingerprint density at radius 3 is 2.46 bits per heavy atom. The molecule has 0 saturated carbocycles. The van der Waals surface area contributed by atoms with Crippen LogP contribution < -0.4 is 4.74 Å². The zero-order valence-corrected chi connectivity index (χ0v) is 16.8. The van der Waals surface area contributed by atoms with Gasteiger partial charge in [0.05, 0.1) is 18.6 Å². The van der Waals surface area contributed by atoms with Crippen molar-refractivity contribution in [1.29, 1.82) is 0 Å². The normalized spacial score (nSPS) is 18.2. The highest BCUT2D eigenvalue weighted by Gasteiger charge is 2.33. The molecule has 6 heteroatoms. The number of benzene rings is 2. The fraction of sp³-hybridized carbons (Fsp3) is 0.318. The lowest BCUT2D eigenvalue weighted by Crippen LogP contribution is -2.41. The van der Waals surface area contributed by atoms with Crippen LogP contribution in [-0.4, -0.2) is 50.4 Å². The van der Waals surface area contributed by atoms with Crippen molar-refractivity contribution in [2.24, 2.45) is 0 Å². The average Bonchev–Trinajstić information content (AvgIpc) is 3.07. The predicted octanol–water partition coefficient (Wildman–Crippen LogP) is 2.97. The molecule has 5 nitrogen and oxygen atoms in total. The van der Waals surface area contributed by atoms with E-state index in [1.165, 1.54) is 6.08 Å². The first-order valence-corrected chi connectivity index (χ1v) is 11.2. The second kappa shape index (κ2) is 9.06. The molecule has 1 aliphatic rings. The Bertz CT molecular complexity index is 921. The Morgan fingerprint density at radius 2 is 1.86 bits per heavy atom. The van der Waals surface area contributed by atoms with Gasteiger partial charge in [-0.3, -0.25) is 4.79 Å². The van der Waals surface area contributed by atoms with Crippen LogP contribution in [0.25, 0.3) is 6.08 Å². The molecule has 0 aliphatic carbocycles. The highest BCUT2D eigenvalue weighted by Crippen LogP contribution is 2.19. The summed E-state index contributed by atoms with van der Waals surface area (Å²) in [7, 11) is -1.46. The second-order valence-corrected chi connectivity index (χ2v) is 9.16. The van der Waals surface area contributed by atoms with Crippen LogP contribution in [0.5, 0.6) is 5.75 Å². The van der Waals surface area contributed by atoms with Crippen molar-refractivity contribution in [3.8, 4) is 5.75 Å². The molecule has 28 heavy (non-hydrogen) atoms. The number of amides is 1. The second-order valence-electron chi connectivity index (χ2n) is 6.93. The third-order valence-electron chi connectivity index (χ3n) is 4.95. The number of hydrogen-bond donors (Lipinski definition) is 0. The van der Waals surface area contributed by atoms with E-state index in [1.54, 1.807) is 18.1 Å². The maximum absolute atomic E-state index is 12.9. The Hall–Kier alpha value is -2.60. The quantitative estimate of drug-likeness (QED) is 0.672. The van der Waals surface area contributed by atoms with Crippen LogP contribution >= 0.6 is 0 Å². The van der Waals surface area contributed by atoms with Gasteiger partial charge in [-0.25, -0.2) is 8.42 Å². The first-order chi connectivity index (χ1) is 13.5. The van der Waals surface area contributed by atoms with Crippen molar-refractivity contribution in [2.75, 3.05) is 25.2 Å². The van der Waals surface area contributed by atoms with Gasteiger partial charge in [0, 0.05) is 18.7 Å². The maximum atomic E-state index is 12.9. The predicted molar refractivity (Wildman–Crippen MR) is 111 cm³/mol. The van der Waals surface area contributed by atoms with Crippen LogP contribution in [-0.2, 0) is 21.1 Å². The molecule has 2 aromatic rings. The molecular weight excluding hydrogens is 374 g/mol. The van der Waals surface area contributed by atoms with Crippen LogP contribution in [0.3, 0.4) is 0 Å². The third kappa shape index (κ3) is 5.45. The molecular formula is C22H25NO4S. The number of hydrogen-bond acceptors (Lipinski definition) is 4. The van der Waals surface area contributed by atoms with Crippen molar-refractivity contribution in [3.05, 3.63) is 71.8 Å². The molecule has 1 aliphatic heterocycles. The number of sulfone groups is 1. The summed E-state index contributed by atoms with van der Waals surface area (Å²) < 4.78 is 29.0. The van der Waals surface area contributed by atoms with Gasteiger partial charge in [-0.2, -0.15) is 0 Å². The molecule has 0 bridgehead atoms. The molecule has 148 valence electrons. The van der Waals surface area contributed by atoms with E-state index < -0.39 is 9.84 Å². The molecule has 1 saturated heterocycles. The van der Waals surface area contributed by atoms with Crippen molar-refractivity contribution >= 4 is 21.8 Å². The smallest absolute Gasteiger partial charge is 0.246 e. The van der Waals surface area contributed by atoms with Crippen LogP contribution in [0, 0.1) is 0 Å². The first kappa shape index (κ1) is 20.1. The van der Waals surface area contributed by atoms with Gasteiger partial charge in [0.15, 0.2) is 9.84 Å². The molecule has 3 rings (SSSR count). The van der Waals surface area contributed by atoms with Crippen LogP contribution in [0.4, 0.5) is 0 Å². The Morgan fingerprint density at radius 1 is 1.14 bits per heavy atom. The number of ether oxygens (including phenoxy) is 1. The van der Waals surface area contributed by atoms with E-state index in [-0.39, 0.29) is 23.5 Å². The van der Waals surface area contributed by atoms with Gasteiger partial charge in [0.1, 0.15) is 5.75 Å². The van der Waals surface area contributed by atoms with Gasteiger partial charge < -0.3 is 9.64 Å². The highest BCUT2D eigenvalue weighted by molar-refractivity contribution is 7.91. The molecule has 1 atom stereocenters. The summed E-state index contributed by atoms with van der Waals surface area (Å²) in [4.78, 5) is 14.6. The third-order valence-corrected chi connectivity index (χ3v) is 6.70. The molecule has 1 heterocycles. The molecule has 0 aromatic heterocycles. The zero-order valence-electron chi connectivity index (χ0n) is 16.0. The Kier molecular flexibility index (Phi) is 6.52. The summed E-state index contributed by atoms with van der Waals surface area (Å²) in [5, 5.41) is 0. The van der Waals surface area contributed by atoms with E-state index in [2.05, 4.69) is 0 Å².